The molecule has 2 N–H and O–H groups in total. The molecule has 0 atom stereocenters. The molecule has 0 fully saturated rings. The number of fused-ring (bicyclic) bond motifs is 1. The number of methoxy groups -OCH3 is 1. The third kappa shape index (κ3) is 4.35. The average Bonchev–Trinajstić information content (AvgIpc) is 3.23. The highest BCUT2D eigenvalue weighted by molar-refractivity contribution is 5.90. The van der Waals surface area contributed by atoms with Crippen molar-refractivity contribution in [2.75, 3.05) is 19.0 Å². The summed E-state index contributed by atoms with van der Waals surface area (Å²) in [6, 6.07) is 20.5. The maximum atomic E-state index is 11.9. The van der Waals surface area contributed by atoms with Crippen LogP contribution in [-0.2, 0) is 4.74 Å². The van der Waals surface area contributed by atoms with Gasteiger partial charge in [0.15, 0.2) is 11.5 Å². The minimum absolute atomic E-state index is 0. The van der Waals surface area contributed by atoms with Crippen LogP contribution in [0.2, 0.25) is 0 Å². The molecule has 0 aliphatic heterocycles. The molecule has 148 valence electrons. The maximum Gasteiger partial charge on any atom is 0.376 e. The number of imidazole rings is 1. The second-order valence-electron chi connectivity index (χ2n) is 6.24. The third-order valence-electron chi connectivity index (χ3n) is 4.52. The fourth-order valence-corrected chi connectivity index (χ4v) is 3.14. The van der Waals surface area contributed by atoms with Crippen molar-refractivity contribution in [2.24, 2.45) is 0 Å². The van der Waals surface area contributed by atoms with Gasteiger partial charge in [-0.1, -0.05) is 60.7 Å². The summed E-state index contributed by atoms with van der Waals surface area (Å²) in [4.78, 5) is 27.6. The summed E-state index contributed by atoms with van der Waals surface area (Å²) < 4.78 is 4.75. The number of benzene rings is 2. The first-order chi connectivity index (χ1) is 13.8. The first-order valence-electron chi connectivity index (χ1n) is 8.89. The lowest BCUT2D eigenvalue weighted by Crippen LogP contribution is -2.17. The lowest BCUT2D eigenvalue weighted by Gasteiger charge is -2.19. The zero-order valence-corrected chi connectivity index (χ0v) is 16.5. The van der Waals surface area contributed by atoms with Crippen LogP contribution in [0.3, 0.4) is 0 Å². The minimum Gasteiger partial charge on any atom is -0.463 e. The summed E-state index contributed by atoms with van der Waals surface area (Å²) in [6.07, 6.45) is 1.53. The Morgan fingerprint density at radius 3 is 2.24 bits per heavy atom. The summed E-state index contributed by atoms with van der Waals surface area (Å²) in [5, 5.41) is 3.35. The monoisotopic (exact) mass is 409 g/mol. The number of hydrogen-bond acceptors (Lipinski definition) is 6. The number of rotatable bonds is 6. The van der Waals surface area contributed by atoms with E-state index in [2.05, 4.69) is 49.5 Å². The van der Waals surface area contributed by atoms with E-state index in [1.807, 2.05) is 36.4 Å². The first kappa shape index (κ1) is 20.3. The molecule has 2 aromatic carbocycles. The SMILES string of the molecule is COC(=O)c1nc(NCC(c2ccccc2)c2ccccc2)c2nc[nH]c2n1.Cl. The van der Waals surface area contributed by atoms with Crippen molar-refractivity contribution in [2.45, 2.75) is 5.92 Å². The van der Waals surface area contributed by atoms with Crippen LogP contribution in [-0.4, -0.2) is 39.6 Å². The summed E-state index contributed by atoms with van der Waals surface area (Å²) in [6.45, 7) is 0.577. The van der Waals surface area contributed by atoms with Gasteiger partial charge in [0.2, 0.25) is 5.82 Å². The molecule has 4 aromatic rings. The summed E-state index contributed by atoms with van der Waals surface area (Å²) in [5.41, 5.74) is 3.42. The number of nitrogens with one attached hydrogen (secondary N) is 2. The molecule has 0 amide bonds. The van der Waals surface area contributed by atoms with Gasteiger partial charge < -0.3 is 15.0 Å². The van der Waals surface area contributed by atoms with Crippen molar-refractivity contribution in [1.29, 1.82) is 0 Å². The predicted octanol–water partition coefficient (Wildman–Crippen LogP) is 3.81. The Kier molecular flexibility index (Phi) is 6.41. The van der Waals surface area contributed by atoms with Crippen LogP contribution in [0.15, 0.2) is 67.0 Å². The van der Waals surface area contributed by atoms with Gasteiger partial charge >= 0.3 is 5.97 Å². The Hall–Kier alpha value is -3.45. The van der Waals surface area contributed by atoms with Crippen LogP contribution in [0.4, 0.5) is 5.82 Å². The van der Waals surface area contributed by atoms with E-state index in [4.69, 9.17) is 4.74 Å². The Morgan fingerprint density at radius 2 is 1.66 bits per heavy atom. The number of aromatic nitrogens is 4. The number of anilines is 1. The van der Waals surface area contributed by atoms with Gasteiger partial charge in [-0.3, -0.25) is 0 Å². The molecule has 0 aliphatic rings. The zero-order chi connectivity index (χ0) is 19.3. The molecule has 0 unspecified atom stereocenters. The highest BCUT2D eigenvalue weighted by Gasteiger charge is 2.18. The molecular weight excluding hydrogens is 390 g/mol. The third-order valence-corrected chi connectivity index (χ3v) is 4.52. The molecule has 0 aliphatic carbocycles. The van der Waals surface area contributed by atoms with Crippen molar-refractivity contribution in [3.63, 3.8) is 0 Å². The smallest absolute Gasteiger partial charge is 0.376 e. The molecule has 29 heavy (non-hydrogen) atoms. The molecule has 2 heterocycles. The van der Waals surface area contributed by atoms with Gasteiger partial charge in [-0.05, 0) is 11.1 Å². The van der Waals surface area contributed by atoms with Crippen molar-refractivity contribution >= 4 is 35.4 Å². The fourth-order valence-electron chi connectivity index (χ4n) is 3.14. The number of H-pyrrole nitrogens is 1. The number of carbonyl (C=O) groups is 1. The van der Waals surface area contributed by atoms with Gasteiger partial charge in [0.25, 0.3) is 0 Å². The van der Waals surface area contributed by atoms with Crippen LogP contribution in [0.1, 0.15) is 27.7 Å². The summed E-state index contributed by atoms with van der Waals surface area (Å²) in [5.74, 6) is -0.0172. The van der Waals surface area contributed by atoms with Crippen LogP contribution in [0.25, 0.3) is 11.2 Å². The van der Waals surface area contributed by atoms with E-state index in [1.54, 1.807) is 0 Å². The standard InChI is InChI=1S/C21H19N5O2.ClH/c1-28-21(27)20-25-18(17-19(26-20)24-13-23-17)22-12-16(14-8-4-2-5-9-14)15-10-6-3-7-11-15;/h2-11,13,16H,12H2,1H3,(H2,22,23,24,25,26);1H. The van der Waals surface area contributed by atoms with Gasteiger partial charge in [0, 0.05) is 12.5 Å². The second-order valence-corrected chi connectivity index (χ2v) is 6.24. The van der Waals surface area contributed by atoms with E-state index in [9.17, 15) is 4.79 Å². The Morgan fingerprint density at radius 1 is 1.03 bits per heavy atom. The number of carbonyl (C=O) groups excluding carboxylic acids is 1. The Balaban J connectivity index is 0.00000240. The van der Waals surface area contributed by atoms with Crippen molar-refractivity contribution in [3.05, 3.63) is 83.9 Å². The summed E-state index contributed by atoms with van der Waals surface area (Å²) >= 11 is 0. The quantitative estimate of drug-likeness (QED) is 0.470. The van der Waals surface area contributed by atoms with Crippen LogP contribution in [0.5, 0.6) is 0 Å². The van der Waals surface area contributed by atoms with Crippen molar-refractivity contribution in [1.82, 2.24) is 19.9 Å². The van der Waals surface area contributed by atoms with Gasteiger partial charge in [-0.2, -0.15) is 0 Å². The van der Waals surface area contributed by atoms with E-state index in [0.717, 1.165) is 0 Å². The number of esters is 1. The maximum absolute atomic E-state index is 11.9. The van der Waals surface area contributed by atoms with E-state index in [-0.39, 0.29) is 24.1 Å². The molecule has 0 saturated heterocycles. The van der Waals surface area contributed by atoms with Gasteiger partial charge in [0.1, 0.15) is 5.52 Å². The average molecular weight is 410 g/mol. The van der Waals surface area contributed by atoms with E-state index in [1.165, 1.54) is 24.6 Å². The second kappa shape index (κ2) is 9.16. The lowest BCUT2D eigenvalue weighted by molar-refractivity contribution is 0.0587. The van der Waals surface area contributed by atoms with Gasteiger partial charge in [-0.25, -0.2) is 19.7 Å². The first-order valence-corrected chi connectivity index (χ1v) is 8.89. The molecule has 2 aromatic heterocycles. The molecule has 4 rings (SSSR count). The van der Waals surface area contributed by atoms with Crippen molar-refractivity contribution < 1.29 is 9.53 Å². The number of hydrogen-bond donors (Lipinski definition) is 2. The fraction of sp³-hybridized carbons (Fsp3) is 0.143. The van der Waals surface area contributed by atoms with Crippen LogP contribution >= 0.6 is 12.4 Å². The Bertz CT molecular complexity index is 1050. The molecule has 0 spiro atoms. The molecule has 7 nitrogen and oxygen atoms in total. The minimum atomic E-state index is -0.595. The number of halogens is 1. The highest BCUT2D eigenvalue weighted by Crippen LogP contribution is 2.26. The van der Waals surface area contributed by atoms with Gasteiger partial charge in [-0.15, -0.1) is 12.4 Å². The van der Waals surface area contributed by atoms with E-state index < -0.39 is 5.97 Å². The van der Waals surface area contributed by atoms with E-state index >= 15 is 0 Å². The molecule has 0 saturated carbocycles. The number of ether oxygens (including phenoxy) is 1. The molecule has 0 radical (unpaired) electrons. The molecular formula is C21H20ClN5O2. The number of nitrogens with zero attached hydrogens (tertiary/aromatic N) is 3. The van der Waals surface area contributed by atoms with Crippen LogP contribution in [0, 0.1) is 0 Å². The van der Waals surface area contributed by atoms with Crippen LogP contribution < -0.4 is 5.32 Å². The lowest BCUT2D eigenvalue weighted by atomic mass is 9.91. The summed E-state index contributed by atoms with van der Waals surface area (Å²) in [7, 11) is 1.30. The Labute approximate surface area is 174 Å². The molecule has 8 heteroatoms. The number of aromatic amines is 1. The molecule has 0 bridgehead atoms. The normalized spacial score (nSPS) is 10.6. The van der Waals surface area contributed by atoms with E-state index in [0.29, 0.717) is 23.5 Å². The van der Waals surface area contributed by atoms with Crippen molar-refractivity contribution in [3.8, 4) is 0 Å². The largest absolute Gasteiger partial charge is 0.463 e. The zero-order valence-electron chi connectivity index (χ0n) is 15.7. The topological polar surface area (TPSA) is 92.8 Å². The highest BCUT2D eigenvalue weighted by atomic mass is 35.5. The predicted molar refractivity (Wildman–Crippen MR) is 113 cm³/mol. The van der Waals surface area contributed by atoms with Gasteiger partial charge in [0.05, 0.1) is 13.4 Å².